The highest BCUT2D eigenvalue weighted by molar-refractivity contribution is 5.95. The molecule has 7 heteroatoms. The van der Waals surface area contributed by atoms with E-state index in [0.29, 0.717) is 37.4 Å². The van der Waals surface area contributed by atoms with Crippen molar-refractivity contribution in [3.8, 4) is 11.1 Å². The number of carbonyl (C=O) groups is 2. The number of hydrogen-bond acceptors (Lipinski definition) is 4. The zero-order valence-corrected chi connectivity index (χ0v) is 22.2. The summed E-state index contributed by atoms with van der Waals surface area (Å²) in [6, 6.07) is 8.14. The third-order valence-electron chi connectivity index (χ3n) is 7.20. The number of carboxylic acid groups (broad SMARTS) is 1. The summed E-state index contributed by atoms with van der Waals surface area (Å²) in [5, 5.41) is 13.5. The number of aliphatic carboxylic acids is 1. The van der Waals surface area contributed by atoms with E-state index in [1.807, 2.05) is 70.7 Å². The van der Waals surface area contributed by atoms with Crippen molar-refractivity contribution in [1.29, 1.82) is 0 Å². The summed E-state index contributed by atoms with van der Waals surface area (Å²) >= 11 is 0. The fourth-order valence-corrected chi connectivity index (χ4v) is 5.43. The maximum atomic E-state index is 13.4. The molecule has 0 unspecified atom stereocenters. The number of ether oxygens (including phenoxy) is 2. The van der Waals surface area contributed by atoms with E-state index in [1.165, 1.54) is 0 Å². The minimum Gasteiger partial charge on any atom is -0.479 e. The van der Waals surface area contributed by atoms with Gasteiger partial charge in [0.1, 0.15) is 0 Å². The van der Waals surface area contributed by atoms with Gasteiger partial charge in [0.2, 0.25) is 0 Å². The Morgan fingerprint density at radius 1 is 1.11 bits per heavy atom. The predicted molar refractivity (Wildman–Crippen MR) is 141 cm³/mol. The van der Waals surface area contributed by atoms with E-state index < -0.39 is 17.7 Å². The van der Waals surface area contributed by atoms with Gasteiger partial charge in [-0.05, 0) is 88.6 Å². The van der Waals surface area contributed by atoms with Gasteiger partial charge in [-0.25, -0.2) is 9.59 Å². The standard InChI is InChI=1S/C29H38N2O5/c1-17-7-9-20(10-8-17)23-18(2)22-11-14-31(21-12-15-35-16-13-21)28(34)30-25(22)19(3)24(23)26(27(32)33)36-29(4,5)6/h7-10,21,26H,11-16H2,1-6H3,(H,30,34)(H,32,33)/t26-/m0/s1. The van der Waals surface area contributed by atoms with E-state index in [4.69, 9.17) is 9.47 Å². The molecule has 2 aromatic rings. The van der Waals surface area contributed by atoms with Gasteiger partial charge in [0.25, 0.3) is 0 Å². The normalized spacial score (nSPS) is 17.8. The zero-order chi connectivity index (χ0) is 26.2. The molecular formula is C29H38N2O5. The lowest BCUT2D eigenvalue weighted by Gasteiger charge is -2.33. The second-order valence-corrected chi connectivity index (χ2v) is 10.9. The first-order valence-electron chi connectivity index (χ1n) is 12.8. The summed E-state index contributed by atoms with van der Waals surface area (Å²) < 4.78 is 11.6. The van der Waals surface area contributed by atoms with Crippen LogP contribution >= 0.6 is 0 Å². The maximum absolute atomic E-state index is 13.4. The van der Waals surface area contributed by atoms with Crippen LogP contribution in [0.1, 0.15) is 67.5 Å². The number of nitrogens with zero attached hydrogens (tertiary/aromatic N) is 1. The van der Waals surface area contributed by atoms with Crippen molar-refractivity contribution in [3.05, 3.63) is 52.1 Å². The Balaban J connectivity index is 1.90. The minimum atomic E-state index is -1.18. The molecule has 0 spiro atoms. The third-order valence-corrected chi connectivity index (χ3v) is 7.20. The Hall–Kier alpha value is -2.90. The summed E-state index contributed by atoms with van der Waals surface area (Å²) in [5.41, 5.74) is 6.34. The number of nitrogens with one attached hydrogen (secondary N) is 1. The van der Waals surface area contributed by atoms with E-state index in [2.05, 4.69) is 5.32 Å². The molecule has 1 atom stereocenters. The molecule has 2 amide bonds. The Kier molecular flexibility index (Phi) is 7.43. The Morgan fingerprint density at radius 2 is 1.75 bits per heavy atom. The first-order chi connectivity index (χ1) is 17.0. The number of urea groups is 1. The molecule has 2 N–H and O–H groups in total. The van der Waals surface area contributed by atoms with Crippen molar-refractivity contribution in [2.75, 3.05) is 25.1 Å². The highest BCUT2D eigenvalue weighted by atomic mass is 16.5. The van der Waals surface area contributed by atoms with Crippen molar-refractivity contribution >= 4 is 17.7 Å². The number of benzene rings is 2. The molecule has 0 saturated carbocycles. The van der Waals surface area contributed by atoms with Crippen LogP contribution in [0.25, 0.3) is 11.1 Å². The van der Waals surface area contributed by atoms with E-state index in [0.717, 1.165) is 46.2 Å². The van der Waals surface area contributed by atoms with Crippen LogP contribution in [0.2, 0.25) is 0 Å². The fourth-order valence-electron chi connectivity index (χ4n) is 5.43. The van der Waals surface area contributed by atoms with Gasteiger partial charge in [-0.1, -0.05) is 29.8 Å². The van der Waals surface area contributed by atoms with Gasteiger partial charge in [0, 0.05) is 37.1 Å². The molecule has 4 rings (SSSR count). The van der Waals surface area contributed by atoms with Crippen molar-refractivity contribution in [2.24, 2.45) is 0 Å². The quantitative estimate of drug-likeness (QED) is 0.549. The van der Waals surface area contributed by atoms with Crippen molar-refractivity contribution < 1.29 is 24.2 Å². The SMILES string of the molecule is Cc1ccc(-c2c(C)c3c(c(C)c2[C@H](OC(C)(C)C)C(=O)O)NC(=O)N(C2CCOCC2)CC3)cc1. The number of carboxylic acids is 1. The van der Waals surface area contributed by atoms with Gasteiger partial charge < -0.3 is 24.8 Å². The summed E-state index contributed by atoms with van der Waals surface area (Å²) in [4.78, 5) is 27.9. The van der Waals surface area contributed by atoms with Gasteiger partial charge in [-0.2, -0.15) is 0 Å². The van der Waals surface area contributed by atoms with Crippen molar-refractivity contribution in [1.82, 2.24) is 4.90 Å². The number of amides is 2. The topological polar surface area (TPSA) is 88.1 Å². The van der Waals surface area contributed by atoms with E-state index in [1.54, 1.807) is 0 Å². The average Bonchev–Trinajstić information content (AvgIpc) is 3.00. The number of carbonyl (C=O) groups excluding carboxylic acids is 1. The summed E-state index contributed by atoms with van der Waals surface area (Å²) in [5.74, 6) is -1.05. The van der Waals surface area contributed by atoms with Crippen LogP contribution in [0, 0.1) is 20.8 Å². The van der Waals surface area contributed by atoms with E-state index >= 15 is 0 Å². The van der Waals surface area contributed by atoms with E-state index in [-0.39, 0.29) is 12.1 Å². The Labute approximate surface area is 213 Å². The third kappa shape index (κ3) is 5.27. The van der Waals surface area contributed by atoms with Crippen LogP contribution < -0.4 is 5.32 Å². The first-order valence-corrected chi connectivity index (χ1v) is 12.8. The van der Waals surface area contributed by atoms with Gasteiger partial charge in [-0.15, -0.1) is 0 Å². The monoisotopic (exact) mass is 494 g/mol. The molecule has 2 aromatic carbocycles. The minimum absolute atomic E-state index is 0.138. The lowest BCUT2D eigenvalue weighted by Crippen LogP contribution is -2.45. The molecule has 2 aliphatic heterocycles. The molecule has 0 aliphatic carbocycles. The van der Waals surface area contributed by atoms with Gasteiger partial charge in [0.05, 0.1) is 5.60 Å². The van der Waals surface area contributed by atoms with Crippen LogP contribution in [0.15, 0.2) is 24.3 Å². The number of hydrogen-bond donors (Lipinski definition) is 2. The molecule has 7 nitrogen and oxygen atoms in total. The lowest BCUT2D eigenvalue weighted by molar-refractivity contribution is -0.160. The smallest absolute Gasteiger partial charge is 0.337 e. The maximum Gasteiger partial charge on any atom is 0.337 e. The molecule has 0 bridgehead atoms. The Morgan fingerprint density at radius 3 is 2.33 bits per heavy atom. The summed E-state index contributed by atoms with van der Waals surface area (Å²) in [6.45, 7) is 13.5. The van der Waals surface area contributed by atoms with Crippen molar-refractivity contribution in [2.45, 2.75) is 78.6 Å². The number of anilines is 1. The highest BCUT2D eigenvalue weighted by Gasteiger charge is 2.36. The fraction of sp³-hybridized carbons (Fsp3) is 0.517. The molecular weight excluding hydrogens is 456 g/mol. The van der Waals surface area contributed by atoms with E-state index in [9.17, 15) is 14.7 Å². The van der Waals surface area contributed by atoms with Crippen LogP contribution in [0.5, 0.6) is 0 Å². The molecule has 1 saturated heterocycles. The van der Waals surface area contributed by atoms with Gasteiger partial charge in [-0.3, -0.25) is 0 Å². The van der Waals surface area contributed by atoms with Crippen molar-refractivity contribution in [3.63, 3.8) is 0 Å². The molecule has 2 heterocycles. The van der Waals surface area contributed by atoms with Gasteiger partial charge in [0.15, 0.2) is 6.10 Å². The predicted octanol–water partition coefficient (Wildman–Crippen LogP) is 5.79. The van der Waals surface area contributed by atoms with Gasteiger partial charge >= 0.3 is 12.0 Å². The molecule has 2 aliphatic rings. The summed E-state index contributed by atoms with van der Waals surface area (Å²) in [7, 11) is 0. The second kappa shape index (κ2) is 10.2. The van der Waals surface area contributed by atoms with Crippen LogP contribution in [-0.4, -0.2) is 53.4 Å². The molecule has 0 aromatic heterocycles. The molecule has 194 valence electrons. The Bertz CT molecular complexity index is 1140. The zero-order valence-electron chi connectivity index (χ0n) is 22.2. The number of rotatable bonds is 5. The van der Waals surface area contributed by atoms with Crippen LogP contribution in [0.3, 0.4) is 0 Å². The number of fused-ring (bicyclic) bond motifs is 1. The largest absolute Gasteiger partial charge is 0.479 e. The summed E-state index contributed by atoms with van der Waals surface area (Å²) in [6.07, 6.45) is 1.15. The van der Waals surface area contributed by atoms with Crippen LogP contribution in [-0.2, 0) is 20.7 Å². The highest BCUT2D eigenvalue weighted by Crippen LogP contribution is 2.44. The molecule has 0 radical (unpaired) electrons. The second-order valence-electron chi connectivity index (χ2n) is 10.9. The average molecular weight is 495 g/mol. The first kappa shape index (κ1) is 26.2. The number of aryl methyl sites for hydroxylation is 1. The lowest BCUT2D eigenvalue weighted by atomic mass is 9.83. The molecule has 1 fully saturated rings. The molecule has 36 heavy (non-hydrogen) atoms. The van der Waals surface area contributed by atoms with Crippen LogP contribution in [0.4, 0.5) is 10.5 Å².